The van der Waals surface area contributed by atoms with Crippen LogP contribution < -0.4 is 0 Å². The molecule has 1 saturated heterocycles. The third-order valence-electron chi connectivity index (χ3n) is 2.87. The molecule has 0 aromatic carbocycles. The first-order valence-corrected chi connectivity index (χ1v) is 5.54. The van der Waals surface area contributed by atoms with Crippen LogP contribution in [0.2, 0.25) is 0 Å². The number of ether oxygens (including phenoxy) is 1. The molecule has 0 saturated carbocycles. The lowest BCUT2D eigenvalue weighted by atomic mass is 10.0. The fourth-order valence-electron chi connectivity index (χ4n) is 1.70. The van der Waals surface area contributed by atoms with E-state index in [2.05, 4.69) is 25.7 Å². The molecule has 94 valence electrons. The van der Waals surface area contributed by atoms with E-state index >= 15 is 0 Å². The van der Waals surface area contributed by atoms with Crippen LogP contribution in [-0.4, -0.2) is 61.4 Å². The maximum absolute atomic E-state index is 11.9. The lowest BCUT2D eigenvalue weighted by molar-refractivity contribution is -0.187. The van der Waals surface area contributed by atoms with E-state index in [0.29, 0.717) is 13.2 Å². The van der Waals surface area contributed by atoms with E-state index in [-0.39, 0.29) is 11.4 Å². The summed E-state index contributed by atoms with van der Waals surface area (Å²) in [6.45, 7) is 8.49. The average Bonchev–Trinajstić information content (AvgIpc) is 2.26. The van der Waals surface area contributed by atoms with Crippen LogP contribution in [0, 0.1) is 0 Å². The highest BCUT2D eigenvalue weighted by Crippen LogP contribution is 2.18. The summed E-state index contributed by atoms with van der Waals surface area (Å²) < 4.78 is 5.48. The van der Waals surface area contributed by atoms with Crippen LogP contribution in [0.4, 0.5) is 0 Å². The SMILES string of the molecule is CON(C)C(=O)[C@@H]1CN(C(C)(C)C)CCO1. The van der Waals surface area contributed by atoms with Gasteiger partial charge in [-0.25, -0.2) is 5.06 Å². The number of hydroxylamine groups is 2. The Balaban J connectivity index is 2.60. The summed E-state index contributed by atoms with van der Waals surface area (Å²) in [5.41, 5.74) is 0.0634. The van der Waals surface area contributed by atoms with Crippen LogP contribution in [-0.2, 0) is 14.4 Å². The maximum atomic E-state index is 11.9. The van der Waals surface area contributed by atoms with Gasteiger partial charge in [0.05, 0.1) is 13.7 Å². The highest BCUT2D eigenvalue weighted by Gasteiger charge is 2.33. The molecule has 0 aromatic heterocycles. The molecule has 0 unspecified atom stereocenters. The topological polar surface area (TPSA) is 42.0 Å². The predicted molar refractivity (Wildman–Crippen MR) is 60.8 cm³/mol. The van der Waals surface area contributed by atoms with Gasteiger partial charge in [-0.3, -0.25) is 14.5 Å². The van der Waals surface area contributed by atoms with Gasteiger partial charge in [-0.15, -0.1) is 0 Å². The van der Waals surface area contributed by atoms with Crippen LogP contribution in [0.3, 0.4) is 0 Å². The van der Waals surface area contributed by atoms with Crippen molar-refractivity contribution in [3.8, 4) is 0 Å². The third-order valence-corrected chi connectivity index (χ3v) is 2.87. The molecule has 1 atom stereocenters. The van der Waals surface area contributed by atoms with Crippen molar-refractivity contribution in [1.82, 2.24) is 9.96 Å². The molecule has 0 aromatic rings. The Kier molecular flexibility index (Phi) is 4.29. The van der Waals surface area contributed by atoms with Gasteiger partial charge in [-0.1, -0.05) is 0 Å². The molecule has 0 radical (unpaired) electrons. The highest BCUT2D eigenvalue weighted by molar-refractivity contribution is 5.80. The molecule has 1 aliphatic rings. The van der Waals surface area contributed by atoms with E-state index in [4.69, 9.17) is 9.57 Å². The number of hydrogen-bond donors (Lipinski definition) is 0. The fraction of sp³-hybridized carbons (Fsp3) is 0.909. The van der Waals surface area contributed by atoms with Crippen molar-refractivity contribution in [2.45, 2.75) is 32.4 Å². The lowest BCUT2D eigenvalue weighted by Gasteiger charge is -2.41. The molecule has 5 nitrogen and oxygen atoms in total. The Hall–Kier alpha value is -0.650. The zero-order valence-electron chi connectivity index (χ0n) is 10.8. The lowest BCUT2D eigenvalue weighted by Crippen LogP contribution is -2.55. The molecule has 0 aliphatic carbocycles. The van der Waals surface area contributed by atoms with Crippen molar-refractivity contribution in [1.29, 1.82) is 0 Å². The Labute approximate surface area is 97.2 Å². The van der Waals surface area contributed by atoms with Crippen LogP contribution in [0.25, 0.3) is 0 Å². The monoisotopic (exact) mass is 230 g/mol. The number of rotatable bonds is 2. The number of amides is 1. The number of carbonyl (C=O) groups excluding carboxylic acids is 1. The smallest absolute Gasteiger partial charge is 0.276 e. The van der Waals surface area contributed by atoms with Gasteiger partial charge in [0, 0.05) is 25.7 Å². The summed E-state index contributed by atoms with van der Waals surface area (Å²) in [7, 11) is 3.07. The second-order valence-corrected chi connectivity index (χ2v) is 4.99. The van der Waals surface area contributed by atoms with E-state index in [1.54, 1.807) is 7.05 Å². The number of carbonyl (C=O) groups is 1. The van der Waals surface area contributed by atoms with Crippen LogP contribution in [0.1, 0.15) is 20.8 Å². The van der Waals surface area contributed by atoms with Crippen molar-refractivity contribution in [2.24, 2.45) is 0 Å². The van der Waals surface area contributed by atoms with Crippen molar-refractivity contribution in [2.75, 3.05) is 33.9 Å². The zero-order valence-corrected chi connectivity index (χ0v) is 10.8. The van der Waals surface area contributed by atoms with E-state index in [9.17, 15) is 4.79 Å². The molecule has 0 N–H and O–H groups in total. The van der Waals surface area contributed by atoms with Gasteiger partial charge >= 0.3 is 0 Å². The summed E-state index contributed by atoms with van der Waals surface area (Å²) in [6.07, 6.45) is -0.419. The third kappa shape index (κ3) is 3.17. The second-order valence-electron chi connectivity index (χ2n) is 4.99. The zero-order chi connectivity index (χ0) is 12.3. The average molecular weight is 230 g/mol. The molecule has 1 amide bonds. The Morgan fingerprint density at radius 2 is 2.12 bits per heavy atom. The van der Waals surface area contributed by atoms with Crippen LogP contribution >= 0.6 is 0 Å². The first-order chi connectivity index (χ1) is 7.36. The number of likely N-dealkylation sites (N-methyl/N-ethyl adjacent to an activating group) is 1. The first kappa shape index (κ1) is 13.4. The minimum Gasteiger partial charge on any atom is -0.366 e. The maximum Gasteiger partial charge on any atom is 0.276 e. The predicted octanol–water partition coefficient (Wildman–Crippen LogP) is 0.505. The Morgan fingerprint density at radius 3 is 2.62 bits per heavy atom. The van der Waals surface area contributed by atoms with Gasteiger partial charge in [0.15, 0.2) is 6.10 Å². The van der Waals surface area contributed by atoms with Gasteiger partial charge in [-0.05, 0) is 20.8 Å². The van der Waals surface area contributed by atoms with Crippen LogP contribution in [0.5, 0.6) is 0 Å². The van der Waals surface area contributed by atoms with Crippen molar-refractivity contribution in [3.63, 3.8) is 0 Å². The fourth-order valence-corrected chi connectivity index (χ4v) is 1.70. The summed E-state index contributed by atoms with van der Waals surface area (Å²) >= 11 is 0. The van der Waals surface area contributed by atoms with Gasteiger partial charge in [0.1, 0.15) is 0 Å². The number of morpholine rings is 1. The Bertz CT molecular complexity index is 250. The molecular formula is C11H22N2O3. The summed E-state index contributed by atoms with van der Waals surface area (Å²) in [5.74, 6) is -0.128. The summed E-state index contributed by atoms with van der Waals surface area (Å²) in [5, 5.41) is 1.22. The molecule has 1 rings (SSSR count). The highest BCUT2D eigenvalue weighted by atomic mass is 16.7. The van der Waals surface area contributed by atoms with E-state index in [1.165, 1.54) is 12.2 Å². The van der Waals surface area contributed by atoms with E-state index in [1.807, 2.05) is 0 Å². The normalized spacial score (nSPS) is 23.2. The van der Waals surface area contributed by atoms with Gasteiger partial charge < -0.3 is 4.74 Å². The number of nitrogens with zero attached hydrogens (tertiary/aromatic N) is 2. The van der Waals surface area contributed by atoms with Crippen molar-refractivity contribution in [3.05, 3.63) is 0 Å². The molecule has 0 bridgehead atoms. The molecular weight excluding hydrogens is 208 g/mol. The van der Waals surface area contributed by atoms with E-state index in [0.717, 1.165) is 6.54 Å². The minimum atomic E-state index is -0.419. The van der Waals surface area contributed by atoms with Crippen LogP contribution in [0.15, 0.2) is 0 Å². The molecule has 1 heterocycles. The largest absolute Gasteiger partial charge is 0.366 e. The van der Waals surface area contributed by atoms with Gasteiger partial charge in [-0.2, -0.15) is 0 Å². The number of hydrogen-bond acceptors (Lipinski definition) is 4. The molecule has 0 spiro atoms. The van der Waals surface area contributed by atoms with E-state index < -0.39 is 6.10 Å². The molecule has 5 heteroatoms. The first-order valence-electron chi connectivity index (χ1n) is 5.54. The van der Waals surface area contributed by atoms with Crippen molar-refractivity contribution >= 4 is 5.91 Å². The minimum absolute atomic E-state index is 0.0634. The van der Waals surface area contributed by atoms with Gasteiger partial charge in [0.25, 0.3) is 5.91 Å². The quantitative estimate of drug-likeness (QED) is 0.648. The molecule has 1 aliphatic heterocycles. The molecule has 16 heavy (non-hydrogen) atoms. The standard InChI is InChI=1S/C11H22N2O3/c1-11(2,3)13-6-7-16-9(8-13)10(14)12(4)15-5/h9H,6-8H2,1-5H3/t9-/m0/s1. The van der Waals surface area contributed by atoms with Crippen molar-refractivity contribution < 1.29 is 14.4 Å². The van der Waals surface area contributed by atoms with Gasteiger partial charge in [0.2, 0.25) is 0 Å². The summed E-state index contributed by atoms with van der Waals surface area (Å²) in [6, 6.07) is 0. The second kappa shape index (κ2) is 5.12. The Morgan fingerprint density at radius 1 is 1.50 bits per heavy atom. The summed E-state index contributed by atoms with van der Waals surface area (Å²) in [4.78, 5) is 19.0. The molecule has 1 fully saturated rings.